The van der Waals surface area contributed by atoms with E-state index in [0.717, 1.165) is 18.5 Å². The third-order valence-electron chi connectivity index (χ3n) is 4.40. The Kier molecular flexibility index (Phi) is 4.79. The molecule has 2 N–H and O–H groups in total. The van der Waals surface area contributed by atoms with Gasteiger partial charge in [-0.2, -0.15) is 0 Å². The zero-order valence-corrected chi connectivity index (χ0v) is 11.7. The fraction of sp³-hybridized carbons (Fsp3) is 0.625. The molecule has 0 bridgehead atoms. The van der Waals surface area contributed by atoms with Crippen LogP contribution in [0.15, 0.2) is 24.3 Å². The minimum atomic E-state index is 0.656. The van der Waals surface area contributed by atoms with Crippen LogP contribution >= 0.6 is 0 Å². The Hall–Kier alpha value is -0.860. The molecule has 1 aliphatic rings. The predicted molar refractivity (Wildman–Crippen MR) is 77.5 cm³/mol. The Labute approximate surface area is 111 Å². The monoisotopic (exact) mass is 246 g/mol. The van der Waals surface area contributed by atoms with Gasteiger partial charge in [0.15, 0.2) is 0 Å². The predicted octanol–water partition coefficient (Wildman–Crippen LogP) is 2.95. The Balaban J connectivity index is 1.98. The fourth-order valence-corrected chi connectivity index (χ4v) is 3.22. The summed E-state index contributed by atoms with van der Waals surface area (Å²) in [5.41, 5.74) is 8.53. The standard InChI is InChI=1S/C16H26N2/c1-3-16-9-8-13(2)18(16)11-10-14-6-4-5-7-15(14)12-17/h4-7,13,16H,3,8-12,17H2,1-2H3. The molecule has 1 heterocycles. The lowest BCUT2D eigenvalue weighted by molar-refractivity contribution is 0.201. The van der Waals surface area contributed by atoms with E-state index in [1.807, 2.05) is 0 Å². The van der Waals surface area contributed by atoms with Crippen molar-refractivity contribution >= 4 is 0 Å². The van der Waals surface area contributed by atoms with Crippen LogP contribution in [-0.2, 0) is 13.0 Å². The van der Waals surface area contributed by atoms with E-state index in [2.05, 4.69) is 43.0 Å². The second-order valence-electron chi connectivity index (χ2n) is 5.45. The zero-order chi connectivity index (χ0) is 13.0. The van der Waals surface area contributed by atoms with Crippen molar-refractivity contribution in [2.75, 3.05) is 6.54 Å². The lowest BCUT2D eigenvalue weighted by Crippen LogP contribution is -2.35. The smallest absolute Gasteiger partial charge is 0.0180 e. The zero-order valence-electron chi connectivity index (χ0n) is 11.7. The number of nitrogens with two attached hydrogens (primary N) is 1. The minimum absolute atomic E-state index is 0.656. The van der Waals surface area contributed by atoms with E-state index in [0.29, 0.717) is 6.54 Å². The summed E-state index contributed by atoms with van der Waals surface area (Å²) in [6, 6.07) is 10.1. The lowest BCUT2D eigenvalue weighted by atomic mass is 10.0. The van der Waals surface area contributed by atoms with Gasteiger partial charge in [-0.3, -0.25) is 4.90 Å². The third kappa shape index (κ3) is 2.93. The average molecular weight is 246 g/mol. The van der Waals surface area contributed by atoms with Crippen molar-refractivity contribution in [3.63, 3.8) is 0 Å². The molecule has 2 unspecified atom stereocenters. The van der Waals surface area contributed by atoms with Gasteiger partial charge in [-0.1, -0.05) is 31.2 Å². The molecule has 2 atom stereocenters. The highest BCUT2D eigenvalue weighted by molar-refractivity contribution is 5.27. The molecule has 2 heteroatoms. The molecule has 2 nitrogen and oxygen atoms in total. The molecule has 0 aromatic heterocycles. The molecule has 18 heavy (non-hydrogen) atoms. The van der Waals surface area contributed by atoms with Crippen molar-refractivity contribution in [1.29, 1.82) is 0 Å². The van der Waals surface area contributed by atoms with Gasteiger partial charge in [0, 0.05) is 25.2 Å². The summed E-state index contributed by atoms with van der Waals surface area (Å²) in [5, 5.41) is 0. The van der Waals surface area contributed by atoms with Crippen LogP contribution in [0.2, 0.25) is 0 Å². The van der Waals surface area contributed by atoms with Gasteiger partial charge in [-0.15, -0.1) is 0 Å². The molecule has 0 amide bonds. The molecule has 1 saturated heterocycles. The second kappa shape index (κ2) is 6.35. The van der Waals surface area contributed by atoms with Crippen LogP contribution in [0.3, 0.4) is 0 Å². The number of hydrogen-bond acceptors (Lipinski definition) is 2. The Morgan fingerprint density at radius 2 is 1.94 bits per heavy atom. The topological polar surface area (TPSA) is 29.3 Å². The van der Waals surface area contributed by atoms with Gasteiger partial charge in [0.2, 0.25) is 0 Å². The van der Waals surface area contributed by atoms with Gasteiger partial charge >= 0.3 is 0 Å². The maximum atomic E-state index is 5.80. The van der Waals surface area contributed by atoms with E-state index in [4.69, 9.17) is 5.73 Å². The largest absolute Gasteiger partial charge is 0.326 e. The molecule has 1 aliphatic heterocycles. The van der Waals surface area contributed by atoms with Crippen molar-refractivity contribution in [3.05, 3.63) is 35.4 Å². The Bertz CT molecular complexity index is 375. The van der Waals surface area contributed by atoms with Crippen LogP contribution in [0.5, 0.6) is 0 Å². The Morgan fingerprint density at radius 1 is 1.22 bits per heavy atom. The van der Waals surface area contributed by atoms with Crippen molar-refractivity contribution < 1.29 is 0 Å². The van der Waals surface area contributed by atoms with Gasteiger partial charge in [0.1, 0.15) is 0 Å². The second-order valence-corrected chi connectivity index (χ2v) is 5.45. The van der Waals surface area contributed by atoms with Crippen LogP contribution < -0.4 is 5.73 Å². The molecular formula is C16H26N2. The van der Waals surface area contributed by atoms with Gasteiger partial charge in [0.05, 0.1) is 0 Å². The molecule has 0 radical (unpaired) electrons. The molecule has 0 aliphatic carbocycles. The first-order valence-electron chi connectivity index (χ1n) is 7.28. The van der Waals surface area contributed by atoms with E-state index >= 15 is 0 Å². The van der Waals surface area contributed by atoms with Gasteiger partial charge < -0.3 is 5.73 Å². The number of hydrogen-bond donors (Lipinski definition) is 1. The number of rotatable bonds is 5. The minimum Gasteiger partial charge on any atom is -0.326 e. The van der Waals surface area contributed by atoms with Crippen molar-refractivity contribution in [1.82, 2.24) is 4.90 Å². The van der Waals surface area contributed by atoms with Gasteiger partial charge in [0.25, 0.3) is 0 Å². The van der Waals surface area contributed by atoms with Crippen LogP contribution in [0.1, 0.15) is 44.2 Å². The summed E-state index contributed by atoms with van der Waals surface area (Å²) in [7, 11) is 0. The summed E-state index contributed by atoms with van der Waals surface area (Å²) >= 11 is 0. The molecule has 1 aromatic rings. The van der Waals surface area contributed by atoms with Crippen molar-refractivity contribution in [3.8, 4) is 0 Å². The van der Waals surface area contributed by atoms with Crippen LogP contribution in [-0.4, -0.2) is 23.5 Å². The molecular weight excluding hydrogens is 220 g/mol. The van der Waals surface area contributed by atoms with Crippen LogP contribution in [0.25, 0.3) is 0 Å². The highest BCUT2D eigenvalue weighted by atomic mass is 15.2. The van der Waals surface area contributed by atoms with E-state index in [1.165, 1.54) is 36.9 Å². The molecule has 1 fully saturated rings. The lowest BCUT2D eigenvalue weighted by Gasteiger charge is -2.28. The summed E-state index contributed by atoms with van der Waals surface area (Å²) in [5.74, 6) is 0. The van der Waals surface area contributed by atoms with E-state index in [-0.39, 0.29) is 0 Å². The van der Waals surface area contributed by atoms with Crippen LogP contribution in [0.4, 0.5) is 0 Å². The van der Waals surface area contributed by atoms with Gasteiger partial charge in [-0.25, -0.2) is 0 Å². The van der Waals surface area contributed by atoms with Crippen molar-refractivity contribution in [2.24, 2.45) is 5.73 Å². The summed E-state index contributed by atoms with van der Waals surface area (Å²) in [6.45, 7) is 6.51. The molecule has 0 saturated carbocycles. The molecule has 1 aromatic carbocycles. The van der Waals surface area contributed by atoms with Crippen molar-refractivity contribution in [2.45, 2.75) is 58.2 Å². The SMILES string of the molecule is CCC1CCC(C)N1CCc1ccccc1CN. The highest BCUT2D eigenvalue weighted by Gasteiger charge is 2.28. The highest BCUT2D eigenvalue weighted by Crippen LogP contribution is 2.26. The maximum Gasteiger partial charge on any atom is 0.0180 e. The fourth-order valence-electron chi connectivity index (χ4n) is 3.22. The van der Waals surface area contributed by atoms with E-state index in [9.17, 15) is 0 Å². The Morgan fingerprint density at radius 3 is 2.61 bits per heavy atom. The third-order valence-corrected chi connectivity index (χ3v) is 4.40. The number of nitrogens with zero attached hydrogens (tertiary/aromatic N) is 1. The quantitative estimate of drug-likeness (QED) is 0.865. The average Bonchev–Trinajstić information content (AvgIpc) is 2.77. The van der Waals surface area contributed by atoms with Crippen LogP contribution in [0, 0.1) is 0 Å². The molecule has 100 valence electrons. The number of likely N-dealkylation sites (tertiary alicyclic amines) is 1. The number of benzene rings is 1. The van der Waals surface area contributed by atoms with Gasteiger partial charge in [-0.05, 0) is 43.7 Å². The summed E-state index contributed by atoms with van der Waals surface area (Å²) in [4.78, 5) is 2.69. The normalized spacial score (nSPS) is 24.6. The summed E-state index contributed by atoms with van der Waals surface area (Å²) < 4.78 is 0. The van der Waals surface area contributed by atoms with E-state index < -0.39 is 0 Å². The van der Waals surface area contributed by atoms with E-state index in [1.54, 1.807) is 0 Å². The maximum absolute atomic E-state index is 5.80. The molecule has 0 spiro atoms. The first-order valence-corrected chi connectivity index (χ1v) is 7.28. The first kappa shape index (κ1) is 13.6. The molecule has 2 rings (SSSR count). The summed E-state index contributed by atoms with van der Waals surface area (Å²) in [6.07, 6.45) is 5.14. The first-order chi connectivity index (χ1) is 8.76.